The van der Waals surface area contributed by atoms with Crippen LogP contribution in [0, 0.1) is 5.92 Å². The molecule has 0 saturated carbocycles. The fourth-order valence-corrected chi connectivity index (χ4v) is 6.52. The van der Waals surface area contributed by atoms with E-state index in [-0.39, 0.29) is 11.7 Å². The Hall–Kier alpha value is -2.97. The van der Waals surface area contributed by atoms with Gasteiger partial charge in [0, 0.05) is 16.0 Å². The highest BCUT2D eigenvalue weighted by Crippen LogP contribution is 2.39. The van der Waals surface area contributed by atoms with Crippen molar-refractivity contribution in [1.29, 1.82) is 0 Å². The maximum Gasteiger partial charge on any atom is 0.234 e. The number of rotatable bonds is 4. The van der Waals surface area contributed by atoms with Crippen LogP contribution in [-0.4, -0.2) is 31.2 Å². The number of benzene rings is 2. The summed E-state index contributed by atoms with van der Waals surface area (Å²) in [5.74, 6) is 0.899. The molecular weight excluding hydrogens is 438 g/mol. The molecule has 1 N–H and O–H groups in total. The Balaban J connectivity index is 1.25. The highest BCUT2D eigenvalue weighted by molar-refractivity contribution is 7.99. The van der Waals surface area contributed by atoms with Crippen LogP contribution in [0.4, 0.5) is 5.69 Å². The minimum atomic E-state index is -0.0703. The maximum absolute atomic E-state index is 12.7. The van der Waals surface area contributed by atoms with Gasteiger partial charge < -0.3 is 5.32 Å². The fraction of sp³-hybridized carbons (Fsp3) is 0.250. The Bertz CT molecular complexity index is 1480. The van der Waals surface area contributed by atoms with Crippen LogP contribution >= 0.6 is 23.1 Å². The number of carbonyl (C=O) groups is 1. The van der Waals surface area contributed by atoms with E-state index in [1.165, 1.54) is 28.6 Å². The Kier molecular flexibility index (Phi) is 4.84. The molecule has 32 heavy (non-hydrogen) atoms. The normalized spacial score (nSPS) is 16.0. The molecule has 0 aliphatic heterocycles. The number of aryl methyl sites for hydroxylation is 1. The van der Waals surface area contributed by atoms with Gasteiger partial charge in [0.05, 0.1) is 11.1 Å². The summed E-state index contributed by atoms with van der Waals surface area (Å²) in [5, 5.41) is 15.8. The molecule has 0 unspecified atom stereocenters. The number of anilines is 1. The van der Waals surface area contributed by atoms with Crippen LogP contribution in [0.1, 0.15) is 23.8 Å². The second-order valence-corrected chi connectivity index (χ2v) is 10.3. The molecule has 0 saturated heterocycles. The second kappa shape index (κ2) is 7.86. The van der Waals surface area contributed by atoms with Crippen LogP contribution in [0.3, 0.4) is 0 Å². The fourth-order valence-electron chi connectivity index (χ4n) is 4.47. The Morgan fingerprint density at radius 3 is 3.03 bits per heavy atom. The third-order valence-electron chi connectivity index (χ3n) is 6.07. The molecule has 5 aromatic rings. The molecule has 3 heterocycles. The lowest BCUT2D eigenvalue weighted by Crippen LogP contribution is -2.14. The van der Waals surface area contributed by atoms with Crippen LogP contribution in [0.2, 0.25) is 0 Å². The Labute approximate surface area is 193 Å². The van der Waals surface area contributed by atoms with Crippen LogP contribution in [0.15, 0.2) is 53.9 Å². The van der Waals surface area contributed by atoms with E-state index in [2.05, 4.69) is 27.4 Å². The zero-order valence-corrected chi connectivity index (χ0v) is 19.2. The summed E-state index contributed by atoms with van der Waals surface area (Å²) in [6, 6.07) is 14.0. The predicted molar refractivity (Wildman–Crippen MR) is 131 cm³/mol. The van der Waals surface area contributed by atoms with E-state index in [9.17, 15) is 4.79 Å². The van der Waals surface area contributed by atoms with Crippen LogP contribution in [0.25, 0.3) is 26.6 Å². The molecule has 0 spiro atoms. The third-order valence-corrected chi connectivity index (χ3v) is 8.17. The van der Waals surface area contributed by atoms with E-state index < -0.39 is 0 Å². The van der Waals surface area contributed by atoms with Gasteiger partial charge in [0.25, 0.3) is 0 Å². The first-order chi connectivity index (χ1) is 15.7. The van der Waals surface area contributed by atoms with Gasteiger partial charge in [-0.1, -0.05) is 55.1 Å². The number of hydrogen-bond donors (Lipinski definition) is 1. The SMILES string of the molecule is C[C@H]1CCc2c(sc3ncn4c(SCC(=O)Nc5cccc6ccccc56)nnc4c23)C1. The molecule has 1 aliphatic rings. The first-order valence-electron chi connectivity index (χ1n) is 10.7. The van der Waals surface area contributed by atoms with Crippen molar-refractivity contribution in [3.8, 4) is 0 Å². The van der Waals surface area contributed by atoms with E-state index in [4.69, 9.17) is 0 Å². The Morgan fingerprint density at radius 1 is 1.22 bits per heavy atom. The zero-order valence-electron chi connectivity index (χ0n) is 17.5. The number of fused-ring (bicyclic) bond motifs is 6. The van der Waals surface area contributed by atoms with Gasteiger partial charge in [0.1, 0.15) is 11.2 Å². The summed E-state index contributed by atoms with van der Waals surface area (Å²) in [4.78, 5) is 19.8. The topological polar surface area (TPSA) is 72.2 Å². The van der Waals surface area contributed by atoms with Crippen molar-refractivity contribution < 1.29 is 4.79 Å². The summed E-state index contributed by atoms with van der Waals surface area (Å²) in [6.07, 6.45) is 5.17. The lowest BCUT2D eigenvalue weighted by molar-refractivity contribution is -0.113. The zero-order chi connectivity index (χ0) is 21.7. The number of thiophene rings is 1. The molecule has 0 fully saturated rings. The van der Waals surface area contributed by atoms with Crippen molar-refractivity contribution in [1.82, 2.24) is 19.6 Å². The molecule has 2 aromatic carbocycles. The maximum atomic E-state index is 12.7. The van der Waals surface area contributed by atoms with Gasteiger partial charge in [-0.05, 0) is 42.2 Å². The van der Waals surface area contributed by atoms with Gasteiger partial charge in [-0.2, -0.15) is 0 Å². The van der Waals surface area contributed by atoms with Gasteiger partial charge >= 0.3 is 0 Å². The number of carbonyl (C=O) groups excluding carboxylic acids is 1. The molecule has 8 heteroatoms. The van der Waals surface area contributed by atoms with Crippen molar-refractivity contribution in [2.24, 2.45) is 5.92 Å². The van der Waals surface area contributed by atoms with Crippen molar-refractivity contribution in [3.05, 3.63) is 59.2 Å². The third kappa shape index (κ3) is 3.34. The summed E-state index contributed by atoms with van der Waals surface area (Å²) in [5.41, 5.74) is 3.06. The van der Waals surface area contributed by atoms with Crippen molar-refractivity contribution in [2.75, 3.05) is 11.1 Å². The standard InChI is InChI=1S/C24H21N5OS2/c1-14-9-10-17-19(11-14)32-23-21(17)22-27-28-24(29(22)13-25-23)31-12-20(30)26-18-8-4-6-15-5-2-3-7-16(15)18/h2-8,13-14H,9-12H2,1H3,(H,26,30)/t14-/m0/s1. The van der Waals surface area contributed by atoms with E-state index in [0.29, 0.717) is 5.16 Å². The van der Waals surface area contributed by atoms with Gasteiger partial charge in [-0.3, -0.25) is 9.20 Å². The van der Waals surface area contributed by atoms with Crippen molar-refractivity contribution in [2.45, 2.75) is 31.3 Å². The van der Waals surface area contributed by atoms with Crippen LogP contribution < -0.4 is 5.32 Å². The Morgan fingerprint density at radius 2 is 2.09 bits per heavy atom. The average Bonchev–Trinajstić information content (AvgIpc) is 3.38. The molecule has 3 aromatic heterocycles. The van der Waals surface area contributed by atoms with Gasteiger partial charge in [-0.25, -0.2) is 4.98 Å². The largest absolute Gasteiger partial charge is 0.325 e. The van der Waals surface area contributed by atoms with Crippen molar-refractivity contribution in [3.63, 3.8) is 0 Å². The highest BCUT2D eigenvalue weighted by atomic mass is 32.2. The summed E-state index contributed by atoms with van der Waals surface area (Å²) in [6.45, 7) is 2.31. The van der Waals surface area contributed by atoms with E-state index in [0.717, 1.165) is 51.1 Å². The molecule has 6 nitrogen and oxygen atoms in total. The summed E-state index contributed by atoms with van der Waals surface area (Å²) in [7, 11) is 0. The lowest BCUT2D eigenvalue weighted by atomic mass is 9.89. The van der Waals surface area contributed by atoms with Gasteiger partial charge in [0.15, 0.2) is 10.8 Å². The van der Waals surface area contributed by atoms with E-state index in [1.54, 1.807) is 17.7 Å². The lowest BCUT2D eigenvalue weighted by Gasteiger charge is -2.17. The van der Waals surface area contributed by atoms with Gasteiger partial charge in [-0.15, -0.1) is 21.5 Å². The smallest absolute Gasteiger partial charge is 0.234 e. The van der Waals surface area contributed by atoms with Crippen LogP contribution in [0.5, 0.6) is 0 Å². The molecule has 6 rings (SSSR count). The molecular formula is C24H21N5OS2. The minimum absolute atomic E-state index is 0.0703. The van der Waals surface area contributed by atoms with E-state index in [1.807, 2.05) is 46.9 Å². The molecule has 160 valence electrons. The monoisotopic (exact) mass is 459 g/mol. The number of nitrogens with zero attached hydrogens (tertiary/aromatic N) is 4. The summed E-state index contributed by atoms with van der Waals surface area (Å²) < 4.78 is 1.92. The first-order valence-corrected chi connectivity index (χ1v) is 12.5. The van der Waals surface area contributed by atoms with Crippen LogP contribution in [-0.2, 0) is 17.6 Å². The minimum Gasteiger partial charge on any atom is -0.325 e. The number of nitrogens with one attached hydrogen (secondary N) is 1. The number of amides is 1. The molecule has 0 radical (unpaired) electrons. The average molecular weight is 460 g/mol. The number of aromatic nitrogens is 4. The van der Waals surface area contributed by atoms with Crippen molar-refractivity contribution >= 4 is 61.3 Å². The van der Waals surface area contributed by atoms with Gasteiger partial charge in [0.2, 0.25) is 5.91 Å². The second-order valence-electron chi connectivity index (χ2n) is 8.32. The molecule has 1 amide bonds. The van der Waals surface area contributed by atoms with E-state index >= 15 is 0 Å². The summed E-state index contributed by atoms with van der Waals surface area (Å²) >= 11 is 3.16. The first kappa shape index (κ1) is 19.7. The highest BCUT2D eigenvalue weighted by Gasteiger charge is 2.24. The predicted octanol–water partition coefficient (Wildman–Crippen LogP) is 5.35. The molecule has 1 aliphatic carbocycles. The number of thioether (sulfide) groups is 1. The molecule has 1 atom stereocenters. The number of hydrogen-bond acceptors (Lipinski definition) is 6. The molecule has 0 bridgehead atoms. The quantitative estimate of drug-likeness (QED) is 0.367.